The minimum atomic E-state index is -2.80. The summed E-state index contributed by atoms with van der Waals surface area (Å²) < 4.78 is 26.6. The van der Waals surface area contributed by atoms with Gasteiger partial charge in [-0.15, -0.1) is 0 Å². The summed E-state index contributed by atoms with van der Waals surface area (Å²) in [5.74, 6) is -3.75. The Hall–Kier alpha value is -2.24. The number of rotatable bonds is 1. The van der Waals surface area contributed by atoms with Crippen molar-refractivity contribution >= 4 is 11.8 Å². The van der Waals surface area contributed by atoms with Crippen molar-refractivity contribution < 1.29 is 18.4 Å². The van der Waals surface area contributed by atoms with Crippen molar-refractivity contribution in [3.8, 4) is 0 Å². The van der Waals surface area contributed by atoms with Crippen LogP contribution in [0.3, 0.4) is 0 Å². The van der Waals surface area contributed by atoms with Crippen molar-refractivity contribution in [1.82, 2.24) is 10.2 Å². The summed E-state index contributed by atoms with van der Waals surface area (Å²) in [4.78, 5) is 25.1. The molecule has 3 rings (SSSR count). The summed E-state index contributed by atoms with van der Waals surface area (Å²) >= 11 is 0. The molecular weight excluding hydrogens is 266 g/mol. The number of carbonyl (C=O) groups excluding carboxylic acids is 2. The highest BCUT2D eigenvalue weighted by Crippen LogP contribution is 2.30. The summed E-state index contributed by atoms with van der Waals surface area (Å²) in [7, 11) is 0. The number of carbonyl (C=O) groups is 2. The molecule has 1 aromatic carbocycles. The number of allylic oxidation sites excluding steroid dienone is 1. The second-order valence-electron chi connectivity index (χ2n) is 4.89. The first kappa shape index (κ1) is 12.8. The zero-order valence-corrected chi connectivity index (χ0v) is 10.5. The van der Waals surface area contributed by atoms with E-state index >= 15 is 0 Å². The Morgan fingerprint density at radius 1 is 1.15 bits per heavy atom. The molecule has 0 atom stereocenters. The van der Waals surface area contributed by atoms with Gasteiger partial charge >= 0.3 is 0 Å². The zero-order valence-electron chi connectivity index (χ0n) is 10.5. The van der Waals surface area contributed by atoms with Crippen molar-refractivity contribution in [2.24, 2.45) is 0 Å². The highest BCUT2D eigenvalue weighted by Gasteiger charge is 2.37. The number of alkyl halides is 2. The molecule has 4 nitrogen and oxygen atoms in total. The largest absolute Gasteiger partial charge is 0.387 e. The number of imide groups is 1. The van der Waals surface area contributed by atoms with Gasteiger partial charge < -0.3 is 5.32 Å². The predicted molar refractivity (Wildman–Crippen MR) is 67.2 cm³/mol. The summed E-state index contributed by atoms with van der Waals surface area (Å²) in [6.07, 6.45) is 0.463. The number of benzene rings is 1. The summed E-state index contributed by atoms with van der Waals surface area (Å²) in [5, 5.41) is 2.80. The highest BCUT2D eigenvalue weighted by atomic mass is 19.3. The minimum absolute atomic E-state index is 0.127. The van der Waals surface area contributed by atoms with E-state index in [1.54, 1.807) is 24.3 Å². The molecule has 0 aliphatic carbocycles. The maximum absolute atomic E-state index is 13.3. The molecule has 0 radical (unpaired) electrons. The molecule has 2 aliphatic rings. The molecule has 1 aromatic rings. The van der Waals surface area contributed by atoms with Crippen LogP contribution in [0.1, 0.15) is 33.6 Å². The van der Waals surface area contributed by atoms with Crippen molar-refractivity contribution in [2.45, 2.75) is 18.8 Å². The molecule has 2 amide bonds. The fourth-order valence-electron chi connectivity index (χ4n) is 2.41. The Balaban J connectivity index is 1.90. The van der Waals surface area contributed by atoms with Crippen LogP contribution in [0, 0.1) is 0 Å². The van der Waals surface area contributed by atoms with Gasteiger partial charge in [-0.25, -0.2) is 13.7 Å². The molecule has 2 heterocycles. The van der Waals surface area contributed by atoms with Crippen LogP contribution < -0.4 is 5.32 Å². The monoisotopic (exact) mass is 278 g/mol. The van der Waals surface area contributed by atoms with Gasteiger partial charge in [-0.2, -0.15) is 0 Å². The first-order valence-electron chi connectivity index (χ1n) is 6.27. The van der Waals surface area contributed by atoms with Crippen molar-refractivity contribution in [3.63, 3.8) is 0 Å². The van der Waals surface area contributed by atoms with Crippen molar-refractivity contribution in [3.05, 3.63) is 47.3 Å². The van der Waals surface area contributed by atoms with Gasteiger partial charge in [0.1, 0.15) is 0 Å². The van der Waals surface area contributed by atoms with E-state index in [2.05, 4.69) is 5.32 Å². The number of amides is 2. The third kappa shape index (κ3) is 2.07. The van der Waals surface area contributed by atoms with E-state index in [-0.39, 0.29) is 18.7 Å². The van der Waals surface area contributed by atoms with Crippen LogP contribution in [0.5, 0.6) is 0 Å². The van der Waals surface area contributed by atoms with Gasteiger partial charge in [0.25, 0.3) is 17.7 Å². The van der Waals surface area contributed by atoms with E-state index in [0.29, 0.717) is 11.1 Å². The molecular formula is C14H12F2N2O2. The van der Waals surface area contributed by atoms with Crippen LogP contribution in [0.2, 0.25) is 0 Å². The van der Waals surface area contributed by atoms with Gasteiger partial charge in [0.05, 0.1) is 17.5 Å². The van der Waals surface area contributed by atoms with Crippen LogP contribution in [-0.2, 0) is 0 Å². The number of piperidine rings is 1. The van der Waals surface area contributed by atoms with Crippen LogP contribution >= 0.6 is 0 Å². The van der Waals surface area contributed by atoms with Gasteiger partial charge in [-0.1, -0.05) is 12.1 Å². The Morgan fingerprint density at radius 3 is 2.30 bits per heavy atom. The lowest BCUT2D eigenvalue weighted by atomic mass is 10.1. The third-order valence-electron chi connectivity index (χ3n) is 3.40. The second kappa shape index (κ2) is 4.40. The summed E-state index contributed by atoms with van der Waals surface area (Å²) in [6.45, 7) is 0.127. The predicted octanol–water partition coefficient (Wildman–Crippen LogP) is 2.14. The molecule has 1 saturated heterocycles. The lowest BCUT2D eigenvalue weighted by Gasteiger charge is -2.26. The van der Waals surface area contributed by atoms with E-state index in [1.165, 1.54) is 6.20 Å². The number of hydrogen-bond donors (Lipinski definition) is 1. The summed E-state index contributed by atoms with van der Waals surface area (Å²) in [6, 6.07) is 6.43. The number of nitrogens with one attached hydrogen (secondary N) is 1. The second-order valence-corrected chi connectivity index (χ2v) is 4.89. The molecule has 1 fully saturated rings. The third-order valence-corrected chi connectivity index (χ3v) is 3.40. The Labute approximate surface area is 114 Å². The standard InChI is InChI=1S/C14H12F2N2O2/c15-14(16)5-6-17-9(7-14)8-18-12(19)10-3-1-2-4-11(10)13(18)20/h1-4,8,17H,5-7H2/b9-8+. The first-order chi connectivity index (χ1) is 9.48. The molecule has 0 bridgehead atoms. The molecule has 0 unspecified atom stereocenters. The number of halogens is 2. The number of fused-ring (bicyclic) bond motifs is 1. The van der Waals surface area contributed by atoms with Crippen LogP contribution in [0.25, 0.3) is 0 Å². The Kier molecular flexibility index (Phi) is 2.81. The maximum Gasteiger partial charge on any atom is 0.265 e. The SMILES string of the molecule is O=C1c2ccccc2C(=O)N1/C=C1\CC(F)(F)CCN1. The van der Waals surface area contributed by atoms with Gasteiger partial charge in [0.15, 0.2) is 0 Å². The van der Waals surface area contributed by atoms with E-state index in [0.717, 1.165) is 4.90 Å². The fourth-order valence-corrected chi connectivity index (χ4v) is 2.41. The van der Waals surface area contributed by atoms with E-state index < -0.39 is 24.2 Å². The van der Waals surface area contributed by atoms with Gasteiger partial charge in [-0.05, 0) is 12.1 Å². The summed E-state index contributed by atoms with van der Waals surface area (Å²) in [5.41, 5.74) is 0.810. The molecule has 2 aliphatic heterocycles. The Bertz CT molecular complexity index is 590. The van der Waals surface area contributed by atoms with E-state index in [1.807, 2.05) is 0 Å². The number of nitrogens with zero attached hydrogens (tertiary/aromatic N) is 1. The lowest BCUT2D eigenvalue weighted by molar-refractivity contribution is -0.0177. The van der Waals surface area contributed by atoms with Crippen LogP contribution in [-0.4, -0.2) is 29.2 Å². The average Bonchev–Trinajstić information content (AvgIpc) is 2.64. The smallest absolute Gasteiger partial charge is 0.265 e. The van der Waals surface area contributed by atoms with Crippen LogP contribution in [0.4, 0.5) is 8.78 Å². The van der Waals surface area contributed by atoms with Crippen LogP contribution in [0.15, 0.2) is 36.2 Å². The average molecular weight is 278 g/mol. The normalized spacial score (nSPS) is 22.9. The molecule has 0 saturated carbocycles. The molecule has 104 valence electrons. The molecule has 0 aromatic heterocycles. The molecule has 6 heteroatoms. The quantitative estimate of drug-likeness (QED) is 0.801. The first-order valence-corrected chi connectivity index (χ1v) is 6.27. The Morgan fingerprint density at radius 2 is 1.75 bits per heavy atom. The van der Waals surface area contributed by atoms with Crippen molar-refractivity contribution in [1.29, 1.82) is 0 Å². The molecule has 20 heavy (non-hydrogen) atoms. The molecule has 0 spiro atoms. The fraction of sp³-hybridized carbons (Fsp3) is 0.286. The van der Waals surface area contributed by atoms with Gasteiger partial charge in [-0.3, -0.25) is 9.59 Å². The number of hydrogen-bond acceptors (Lipinski definition) is 3. The van der Waals surface area contributed by atoms with E-state index in [4.69, 9.17) is 0 Å². The topological polar surface area (TPSA) is 49.4 Å². The zero-order chi connectivity index (χ0) is 14.3. The molecule has 1 N–H and O–H groups in total. The lowest BCUT2D eigenvalue weighted by Crippen LogP contribution is -2.36. The minimum Gasteiger partial charge on any atom is -0.387 e. The van der Waals surface area contributed by atoms with Crippen molar-refractivity contribution in [2.75, 3.05) is 6.54 Å². The highest BCUT2D eigenvalue weighted by molar-refractivity contribution is 6.22. The van der Waals surface area contributed by atoms with E-state index in [9.17, 15) is 18.4 Å². The van der Waals surface area contributed by atoms with Gasteiger partial charge in [0, 0.05) is 24.9 Å². The van der Waals surface area contributed by atoms with Gasteiger partial charge in [0.2, 0.25) is 0 Å². The maximum atomic E-state index is 13.3.